The molecule has 0 aliphatic heterocycles. The molecule has 0 saturated heterocycles. The highest BCUT2D eigenvalue weighted by molar-refractivity contribution is 5.71. The van der Waals surface area contributed by atoms with E-state index in [0.717, 1.165) is 135 Å². The Morgan fingerprint density at radius 3 is 0.970 bits per heavy atom. The van der Waals surface area contributed by atoms with E-state index in [2.05, 4.69) is 130 Å². The van der Waals surface area contributed by atoms with Crippen LogP contribution in [0.2, 0.25) is 0 Å². The molecule has 0 spiro atoms. The van der Waals surface area contributed by atoms with Gasteiger partial charge in [0.2, 0.25) is 0 Å². The third kappa shape index (κ3) is 51.1. The van der Waals surface area contributed by atoms with Gasteiger partial charge in [-0.25, -0.2) is 0 Å². The average molecular weight is 915 g/mol. The highest BCUT2D eigenvalue weighted by Gasteiger charge is 2.19. The van der Waals surface area contributed by atoms with Gasteiger partial charge in [0.25, 0.3) is 0 Å². The van der Waals surface area contributed by atoms with Crippen molar-refractivity contribution in [1.82, 2.24) is 0 Å². The molecule has 0 rings (SSSR count). The number of ether oxygens (including phenoxy) is 3. The Bertz CT molecular complexity index is 1370. The van der Waals surface area contributed by atoms with Gasteiger partial charge in [0.05, 0.1) is 0 Å². The minimum Gasteiger partial charge on any atom is -0.462 e. The summed E-state index contributed by atoms with van der Waals surface area (Å²) >= 11 is 0. The van der Waals surface area contributed by atoms with Crippen molar-refractivity contribution in [2.24, 2.45) is 0 Å². The van der Waals surface area contributed by atoms with Crippen molar-refractivity contribution in [2.75, 3.05) is 13.2 Å². The predicted octanol–water partition coefficient (Wildman–Crippen LogP) is 17.9. The van der Waals surface area contributed by atoms with Crippen LogP contribution in [0.1, 0.15) is 233 Å². The minimum atomic E-state index is -0.790. The molecule has 6 nitrogen and oxygen atoms in total. The minimum absolute atomic E-state index is 0.0902. The van der Waals surface area contributed by atoms with Crippen LogP contribution in [0.3, 0.4) is 0 Å². The Balaban J connectivity index is 4.23. The summed E-state index contributed by atoms with van der Waals surface area (Å²) in [5, 5.41) is 0. The van der Waals surface area contributed by atoms with E-state index in [-0.39, 0.29) is 31.1 Å². The second-order valence-corrected chi connectivity index (χ2v) is 17.4. The van der Waals surface area contributed by atoms with E-state index < -0.39 is 6.10 Å². The lowest BCUT2D eigenvalue weighted by Crippen LogP contribution is -2.30. The van der Waals surface area contributed by atoms with E-state index in [0.29, 0.717) is 19.3 Å². The van der Waals surface area contributed by atoms with Gasteiger partial charge < -0.3 is 14.2 Å². The first kappa shape index (κ1) is 62.1. The second-order valence-electron chi connectivity index (χ2n) is 17.4. The predicted molar refractivity (Wildman–Crippen MR) is 283 cm³/mol. The van der Waals surface area contributed by atoms with Gasteiger partial charge in [0, 0.05) is 19.3 Å². The molecule has 0 N–H and O–H groups in total. The molecule has 0 saturated carbocycles. The molecule has 66 heavy (non-hydrogen) atoms. The van der Waals surface area contributed by atoms with E-state index in [4.69, 9.17) is 14.2 Å². The zero-order valence-corrected chi connectivity index (χ0v) is 42.7. The first-order chi connectivity index (χ1) is 32.5. The van der Waals surface area contributed by atoms with Gasteiger partial charge in [-0.3, -0.25) is 14.4 Å². The first-order valence-electron chi connectivity index (χ1n) is 26.9. The van der Waals surface area contributed by atoms with Crippen LogP contribution in [0.15, 0.2) is 109 Å². The van der Waals surface area contributed by atoms with Crippen LogP contribution in [-0.2, 0) is 28.6 Å². The van der Waals surface area contributed by atoms with E-state index in [1.165, 1.54) is 57.8 Å². The van der Waals surface area contributed by atoms with Crippen molar-refractivity contribution in [3.05, 3.63) is 109 Å². The fourth-order valence-corrected chi connectivity index (χ4v) is 6.98. The number of carbonyl (C=O) groups excluding carboxylic acids is 3. The second kappa shape index (κ2) is 53.7. The number of esters is 3. The van der Waals surface area contributed by atoms with Crippen LogP contribution in [0.4, 0.5) is 0 Å². The van der Waals surface area contributed by atoms with Crippen molar-refractivity contribution in [3.8, 4) is 0 Å². The third-order valence-electron chi connectivity index (χ3n) is 11.0. The van der Waals surface area contributed by atoms with E-state index in [1.807, 2.05) is 0 Å². The summed E-state index contributed by atoms with van der Waals surface area (Å²) < 4.78 is 16.7. The first-order valence-corrected chi connectivity index (χ1v) is 26.9. The molecule has 0 aromatic heterocycles. The standard InChI is InChI=1S/C60H98O6/c1-4-7-10-13-16-18-20-22-23-24-25-26-27-28-29-30-31-32-33-34-35-36-37-38-40-41-44-47-50-53-59(62)65-56-57(55-64-58(61)52-49-46-43-15-12-9-6-3)66-60(63)54-51-48-45-42-39-21-19-17-14-11-8-5-2/h7,10,16-19,22-23,25-26,28-29,31-32,34-35,37-38,57H,4-6,8-9,11-15,20-21,24,27,30,33,36,39-56H2,1-3H3/b10-7-,18-16-,19-17-,23-22-,26-25-,29-28-,32-31-,35-34-,38-37-. The molecule has 0 heterocycles. The third-order valence-corrected chi connectivity index (χ3v) is 11.0. The monoisotopic (exact) mass is 915 g/mol. The Morgan fingerprint density at radius 1 is 0.318 bits per heavy atom. The summed E-state index contributed by atoms with van der Waals surface area (Å²) in [6.45, 7) is 6.41. The van der Waals surface area contributed by atoms with Crippen LogP contribution in [-0.4, -0.2) is 37.2 Å². The number of hydrogen-bond donors (Lipinski definition) is 0. The average Bonchev–Trinajstić information content (AvgIpc) is 3.31. The molecule has 0 aromatic carbocycles. The normalized spacial score (nSPS) is 13.0. The number of carbonyl (C=O) groups is 3. The zero-order valence-electron chi connectivity index (χ0n) is 42.7. The van der Waals surface area contributed by atoms with Crippen LogP contribution in [0, 0.1) is 0 Å². The lowest BCUT2D eigenvalue weighted by Gasteiger charge is -2.18. The van der Waals surface area contributed by atoms with Crippen LogP contribution in [0.5, 0.6) is 0 Å². The number of rotatable bonds is 47. The Kier molecular flexibility index (Phi) is 50.5. The van der Waals surface area contributed by atoms with E-state index in [9.17, 15) is 14.4 Å². The number of unbranched alkanes of at least 4 members (excludes halogenated alkanes) is 18. The van der Waals surface area contributed by atoms with E-state index in [1.54, 1.807) is 0 Å². The molecule has 0 amide bonds. The van der Waals surface area contributed by atoms with Gasteiger partial charge >= 0.3 is 17.9 Å². The molecule has 0 aliphatic rings. The van der Waals surface area contributed by atoms with Crippen molar-refractivity contribution < 1.29 is 28.6 Å². The largest absolute Gasteiger partial charge is 0.462 e. The van der Waals surface area contributed by atoms with Gasteiger partial charge in [0.15, 0.2) is 6.10 Å². The summed E-state index contributed by atoms with van der Waals surface area (Å²) in [7, 11) is 0. The van der Waals surface area contributed by atoms with Crippen molar-refractivity contribution >= 4 is 17.9 Å². The van der Waals surface area contributed by atoms with Crippen LogP contribution < -0.4 is 0 Å². The van der Waals surface area contributed by atoms with Gasteiger partial charge in [0.1, 0.15) is 13.2 Å². The highest BCUT2D eigenvalue weighted by Crippen LogP contribution is 2.13. The fraction of sp³-hybridized carbons (Fsp3) is 0.650. The highest BCUT2D eigenvalue weighted by atomic mass is 16.6. The molecule has 0 bridgehead atoms. The molecular weight excluding hydrogens is 817 g/mol. The summed E-state index contributed by atoms with van der Waals surface area (Å²) in [5.74, 6) is -0.938. The Hall–Kier alpha value is -3.93. The van der Waals surface area contributed by atoms with Crippen molar-refractivity contribution in [2.45, 2.75) is 239 Å². The molecule has 1 unspecified atom stereocenters. The van der Waals surface area contributed by atoms with Gasteiger partial charge in [-0.2, -0.15) is 0 Å². The lowest BCUT2D eigenvalue weighted by atomic mass is 10.1. The van der Waals surface area contributed by atoms with Gasteiger partial charge in [-0.15, -0.1) is 0 Å². The molecule has 0 radical (unpaired) electrons. The van der Waals surface area contributed by atoms with Crippen LogP contribution >= 0.6 is 0 Å². The van der Waals surface area contributed by atoms with Gasteiger partial charge in [-0.1, -0.05) is 214 Å². The number of hydrogen-bond acceptors (Lipinski definition) is 6. The maximum absolute atomic E-state index is 12.7. The summed E-state index contributed by atoms with van der Waals surface area (Å²) in [5.41, 5.74) is 0. The fourth-order valence-electron chi connectivity index (χ4n) is 6.98. The Labute approximate surface area is 406 Å². The lowest BCUT2D eigenvalue weighted by molar-refractivity contribution is -0.167. The molecule has 6 heteroatoms. The van der Waals surface area contributed by atoms with E-state index >= 15 is 0 Å². The topological polar surface area (TPSA) is 78.9 Å². The smallest absolute Gasteiger partial charge is 0.306 e. The zero-order chi connectivity index (χ0) is 47.9. The molecule has 0 aromatic rings. The maximum atomic E-state index is 12.7. The summed E-state index contributed by atoms with van der Waals surface area (Å²) in [4.78, 5) is 37.8. The summed E-state index contributed by atoms with van der Waals surface area (Å²) in [6.07, 6.45) is 72.4. The molecule has 374 valence electrons. The molecule has 1 atom stereocenters. The quantitative estimate of drug-likeness (QED) is 0.0262. The molecule has 0 aliphatic carbocycles. The molecule has 0 fully saturated rings. The van der Waals surface area contributed by atoms with Crippen molar-refractivity contribution in [3.63, 3.8) is 0 Å². The number of allylic oxidation sites excluding steroid dienone is 18. The summed E-state index contributed by atoms with van der Waals surface area (Å²) in [6, 6.07) is 0. The SMILES string of the molecule is CC/C=C\C/C=C\C/C=C\C/C=C\C/C=C\C/C=C\C/C=C\C/C=C\CCCCCCC(=O)OCC(COC(=O)CCCCCCCCC)OC(=O)CCCCCCC/C=C\CCCCC. The van der Waals surface area contributed by atoms with Gasteiger partial charge in [-0.05, 0) is 109 Å². The van der Waals surface area contributed by atoms with Crippen molar-refractivity contribution in [1.29, 1.82) is 0 Å². The molecular formula is C60H98O6. The maximum Gasteiger partial charge on any atom is 0.306 e. The van der Waals surface area contributed by atoms with Crippen LogP contribution in [0.25, 0.3) is 0 Å². The Morgan fingerprint density at radius 2 is 0.591 bits per heavy atom.